The number of nitrogens with zero attached hydrogens (tertiary/aromatic N) is 1. The van der Waals surface area contributed by atoms with E-state index < -0.39 is 0 Å². The number of rotatable bonds is 3. The van der Waals surface area contributed by atoms with Gasteiger partial charge in [-0.1, -0.05) is 35.9 Å². The maximum Gasteiger partial charge on any atom is 0.249 e. The van der Waals surface area contributed by atoms with Crippen LogP contribution >= 0.6 is 0 Å². The van der Waals surface area contributed by atoms with Crippen LogP contribution in [0.2, 0.25) is 0 Å². The van der Waals surface area contributed by atoms with Gasteiger partial charge in [-0.05, 0) is 32.3 Å². The van der Waals surface area contributed by atoms with Crippen molar-refractivity contribution in [2.24, 2.45) is 0 Å². The van der Waals surface area contributed by atoms with Crippen molar-refractivity contribution in [1.82, 2.24) is 4.90 Å². The molecule has 0 radical (unpaired) electrons. The van der Waals surface area contributed by atoms with Crippen molar-refractivity contribution in [3.05, 3.63) is 47.0 Å². The molecule has 1 fully saturated rings. The summed E-state index contributed by atoms with van der Waals surface area (Å²) in [7, 11) is 0. The van der Waals surface area contributed by atoms with Gasteiger partial charge in [-0.2, -0.15) is 0 Å². The fraction of sp³-hybridized carbons (Fsp3) is 0.400. The summed E-state index contributed by atoms with van der Waals surface area (Å²) >= 11 is 0. The number of benzene rings is 1. The summed E-state index contributed by atoms with van der Waals surface area (Å²) in [5.41, 5.74) is 3.47. The molecular weight excluding hydrogens is 210 g/mol. The van der Waals surface area contributed by atoms with E-state index in [4.69, 9.17) is 0 Å². The lowest BCUT2D eigenvalue weighted by Gasteiger charge is -2.15. The number of hydrogen-bond donors (Lipinski definition) is 0. The molecule has 1 aromatic rings. The van der Waals surface area contributed by atoms with Crippen LogP contribution in [0.1, 0.15) is 25.8 Å². The van der Waals surface area contributed by atoms with Gasteiger partial charge in [-0.15, -0.1) is 0 Å². The second-order valence-electron chi connectivity index (χ2n) is 4.76. The van der Waals surface area contributed by atoms with E-state index >= 15 is 0 Å². The highest BCUT2D eigenvalue weighted by Crippen LogP contribution is 2.20. The molecule has 17 heavy (non-hydrogen) atoms. The molecule has 2 rings (SSSR count). The lowest BCUT2D eigenvalue weighted by atomic mass is 10.1. The third-order valence-corrected chi connectivity index (χ3v) is 3.29. The molecule has 0 saturated carbocycles. The molecule has 2 heteroatoms. The van der Waals surface area contributed by atoms with Crippen LogP contribution in [0.15, 0.2) is 41.5 Å². The summed E-state index contributed by atoms with van der Waals surface area (Å²) in [6.07, 6.45) is 1.86. The third-order valence-electron chi connectivity index (χ3n) is 3.29. The molecule has 1 aliphatic rings. The zero-order valence-corrected chi connectivity index (χ0v) is 10.6. The van der Waals surface area contributed by atoms with Crippen molar-refractivity contribution in [3.8, 4) is 0 Å². The molecule has 2 nitrogen and oxygen atoms in total. The Morgan fingerprint density at radius 2 is 1.94 bits per heavy atom. The number of carbonyl (C=O) groups is 1. The Bertz CT molecular complexity index is 429. The monoisotopic (exact) mass is 229 g/mol. The highest BCUT2D eigenvalue weighted by atomic mass is 16.2. The smallest absolute Gasteiger partial charge is 0.249 e. The van der Waals surface area contributed by atoms with Crippen molar-refractivity contribution in [2.45, 2.75) is 26.7 Å². The SMILES string of the molecule is CC(C)=C1CCN(CCc2ccccc2)C1=O. The van der Waals surface area contributed by atoms with Gasteiger partial charge in [0.05, 0.1) is 0 Å². The van der Waals surface area contributed by atoms with Gasteiger partial charge in [0.1, 0.15) is 0 Å². The first-order valence-electron chi connectivity index (χ1n) is 6.18. The predicted octanol–water partition coefficient (Wildman–Crippen LogP) is 2.80. The maximum atomic E-state index is 12.0. The minimum absolute atomic E-state index is 0.237. The number of likely N-dealkylation sites (tertiary alicyclic amines) is 1. The van der Waals surface area contributed by atoms with Gasteiger partial charge in [0, 0.05) is 18.7 Å². The largest absolute Gasteiger partial charge is 0.338 e. The lowest BCUT2D eigenvalue weighted by Crippen LogP contribution is -2.27. The van der Waals surface area contributed by atoms with E-state index in [1.807, 2.05) is 36.9 Å². The van der Waals surface area contributed by atoms with Crippen LogP contribution in [0.4, 0.5) is 0 Å². The van der Waals surface area contributed by atoms with E-state index in [1.54, 1.807) is 0 Å². The Kier molecular flexibility index (Phi) is 3.62. The minimum Gasteiger partial charge on any atom is -0.338 e. The molecule has 1 aliphatic heterocycles. The summed E-state index contributed by atoms with van der Waals surface area (Å²) in [5.74, 6) is 0.237. The first-order valence-corrected chi connectivity index (χ1v) is 6.18. The van der Waals surface area contributed by atoms with Crippen molar-refractivity contribution in [2.75, 3.05) is 13.1 Å². The molecule has 0 aromatic heterocycles. The van der Waals surface area contributed by atoms with E-state index in [9.17, 15) is 4.79 Å². The molecule has 0 atom stereocenters. The molecule has 0 unspecified atom stereocenters. The van der Waals surface area contributed by atoms with Gasteiger partial charge in [0.2, 0.25) is 5.91 Å². The lowest BCUT2D eigenvalue weighted by molar-refractivity contribution is -0.124. The Labute approximate surface area is 103 Å². The average Bonchev–Trinajstić information content (AvgIpc) is 2.69. The molecular formula is C15H19NO. The van der Waals surface area contributed by atoms with Crippen LogP contribution in [0.25, 0.3) is 0 Å². The summed E-state index contributed by atoms with van der Waals surface area (Å²) in [5, 5.41) is 0. The number of amides is 1. The van der Waals surface area contributed by atoms with Gasteiger partial charge in [0.15, 0.2) is 0 Å². The maximum absolute atomic E-state index is 12.0. The van der Waals surface area contributed by atoms with Gasteiger partial charge in [-0.25, -0.2) is 0 Å². The molecule has 0 bridgehead atoms. The number of allylic oxidation sites excluding steroid dienone is 1. The summed E-state index contributed by atoms with van der Waals surface area (Å²) in [4.78, 5) is 14.0. The van der Waals surface area contributed by atoms with Crippen LogP contribution in [0.5, 0.6) is 0 Å². The Hall–Kier alpha value is -1.57. The van der Waals surface area contributed by atoms with E-state index in [0.29, 0.717) is 0 Å². The van der Waals surface area contributed by atoms with E-state index in [1.165, 1.54) is 5.56 Å². The molecule has 0 N–H and O–H groups in total. The van der Waals surface area contributed by atoms with Crippen LogP contribution in [-0.2, 0) is 11.2 Å². The Balaban J connectivity index is 1.94. The molecule has 1 aromatic carbocycles. The molecule has 90 valence electrons. The van der Waals surface area contributed by atoms with Crippen molar-refractivity contribution in [1.29, 1.82) is 0 Å². The molecule has 0 spiro atoms. The fourth-order valence-corrected chi connectivity index (χ4v) is 2.23. The molecule has 1 amide bonds. The summed E-state index contributed by atoms with van der Waals surface area (Å²) in [6, 6.07) is 10.3. The van der Waals surface area contributed by atoms with Crippen LogP contribution in [0, 0.1) is 0 Å². The van der Waals surface area contributed by atoms with Gasteiger partial charge >= 0.3 is 0 Å². The zero-order valence-electron chi connectivity index (χ0n) is 10.6. The quantitative estimate of drug-likeness (QED) is 0.730. The highest BCUT2D eigenvalue weighted by Gasteiger charge is 2.25. The zero-order chi connectivity index (χ0) is 12.3. The van der Waals surface area contributed by atoms with E-state index in [0.717, 1.165) is 37.1 Å². The van der Waals surface area contributed by atoms with Gasteiger partial charge in [0.25, 0.3) is 0 Å². The summed E-state index contributed by atoms with van der Waals surface area (Å²) < 4.78 is 0. The summed E-state index contributed by atoms with van der Waals surface area (Å²) in [6.45, 7) is 5.76. The van der Waals surface area contributed by atoms with Gasteiger partial charge in [-0.3, -0.25) is 4.79 Å². The van der Waals surface area contributed by atoms with Crippen LogP contribution in [-0.4, -0.2) is 23.9 Å². The first-order chi connectivity index (χ1) is 8.18. The molecule has 1 saturated heterocycles. The predicted molar refractivity (Wildman–Crippen MR) is 69.7 cm³/mol. The Morgan fingerprint density at radius 3 is 2.53 bits per heavy atom. The molecule has 0 aliphatic carbocycles. The fourth-order valence-electron chi connectivity index (χ4n) is 2.23. The standard InChI is InChI=1S/C15H19NO/c1-12(2)14-9-11-16(15(14)17)10-8-13-6-4-3-5-7-13/h3-7H,8-11H2,1-2H3. The van der Waals surface area contributed by atoms with Crippen LogP contribution < -0.4 is 0 Å². The van der Waals surface area contributed by atoms with E-state index in [-0.39, 0.29) is 5.91 Å². The average molecular weight is 229 g/mol. The topological polar surface area (TPSA) is 20.3 Å². The third kappa shape index (κ3) is 2.76. The molecule has 1 heterocycles. The van der Waals surface area contributed by atoms with Gasteiger partial charge < -0.3 is 4.90 Å². The second-order valence-corrected chi connectivity index (χ2v) is 4.76. The second kappa shape index (κ2) is 5.17. The van der Waals surface area contributed by atoms with Crippen molar-refractivity contribution < 1.29 is 4.79 Å². The Morgan fingerprint density at radius 1 is 1.24 bits per heavy atom. The highest BCUT2D eigenvalue weighted by molar-refractivity contribution is 5.96. The first kappa shape index (κ1) is 11.9. The van der Waals surface area contributed by atoms with Crippen LogP contribution in [0.3, 0.4) is 0 Å². The van der Waals surface area contributed by atoms with Crippen molar-refractivity contribution >= 4 is 5.91 Å². The minimum atomic E-state index is 0.237. The number of hydrogen-bond acceptors (Lipinski definition) is 1. The van der Waals surface area contributed by atoms with E-state index in [2.05, 4.69) is 12.1 Å². The number of carbonyl (C=O) groups excluding carboxylic acids is 1. The van der Waals surface area contributed by atoms with Crippen molar-refractivity contribution in [3.63, 3.8) is 0 Å². The normalized spacial score (nSPS) is 15.5.